The van der Waals surface area contributed by atoms with E-state index in [1.54, 1.807) is 18.5 Å². The normalized spacial score (nSPS) is 11.7. The van der Waals surface area contributed by atoms with Gasteiger partial charge in [-0.3, -0.25) is 9.59 Å². The number of aromatic nitrogens is 2. The Hall–Kier alpha value is -2.58. The van der Waals surface area contributed by atoms with E-state index in [0.29, 0.717) is 12.1 Å². The Morgan fingerprint density at radius 2 is 2.00 bits per heavy atom. The molecule has 1 aromatic heterocycles. The van der Waals surface area contributed by atoms with Crippen LogP contribution in [0.2, 0.25) is 0 Å². The molecule has 0 aliphatic heterocycles. The highest BCUT2D eigenvalue weighted by Gasteiger charge is 2.18. The summed E-state index contributed by atoms with van der Waals surface area (Å²) in [5.74, 6) is -1.22. The van der Waals surface area contributed by atoms with E-state index in [4.69, 9.17) is 23.7 Å². The first-order chi connectivity index (χ1) is 10.9. The topological polar surface area (TPSA) is 116 Å². The van der Waals surface area contributed by atoms with Crippen LogP contribution >= 0.6 is 12.2 Å². The number of nitrogens with zero attached hydrogens (tertiary/aromatic N) is 2. The highest BCUT2D eigenvalue weighted by Crippen LogP contribution is 2.07. The summed E-state index contributed by atoms with van der Waals surface area (Å²) in [4.78, 5) is 27.0. The maximum absolute atomic E-state index is 12.0. The van der Waals surface area contributed by atoms with Crippen molar-refractivity contribution >= 4 is 29.0 Å². The summed E-state index contributed by atoms with van der Waals surface area (Å²) in [5.41, 5.74) is 12.9. The van der Waals surface area contributed by atoms with Gasteiger partial charge < -0.3 is 21.4 Å². The first kappa shape index (κ1) is 16.8. The maximum atomic E-state index is 12.0. The number of nitrogens with one attached hydrogen (secondary N) is 1. The molecule has 23 heavy (non-hydrogen) atoms. The van der Waals surface area contributed by atoms with E-state index >= 15 is 0 Å². The van der Waals surface area contributed by atoms with Gasteiger partial charge in [0, 0.05) is 18.3 Å². The minimum atomic E-state index is -1.18. The average molecular weight is 331 g/mol. The van der Waals surface area contributed by atoms with Crippen molar-refractivity contribution in [2.45, 2.75) is 19.5 Å². The molecule has 8 heteroatoms. The van der Waals surface area contributed by atoms with E-state index < -0.39 is 17.9 Å². The van der Waals surface area contributed by atoms with E-state index in [1.807, 2.05) is 29.8 Å². The van der Waals surface area contributed by atoms with Gasteiger partial charge in [0.2, 0.25) is 5.91 Å². The molecule has 0 bridgehead atoms. The van der Waals surface area contributed by atoms with Gasteiger partial charge in [-0.15, -0.1) is 0 Å². The number of hydrogen-bond acceptors (Lipinski definition) is 5. The van der Waals surface area contributed by atoms with E-state index in [0.717, 1.165) is 11.3 Å². The first-order valence-corrected chi connectivity index (χ1v) is 7.25. The highest BCUT2D eigenvalue weighted by atomic mass is 32.1. The smallest absolute Gasteiger partial charge is 0.256 e. The Morgan fingerprint density at radius 3 is 2.52 bits per heavy atom. The molecule has 0 radical (unpaired) electrons. The van der Waals surface area contributed by atoms with E-state index in [1.165, 1.54) is 0 Å². The number of primary amides is 1. The van der Waals surface area contributed by atoms with E-state index in [9.17, 15) is 9.59 Å². The van der Waals surface area contributed by atoms with Crippen LogP contribution in [0.3, 0.4) is 0 Å². The quantitative estimate of drug-likeness (QED) is 0.673. The highest BCUT2D eigenvalue weighted by molar-refractivity contribution is 7.80. The van der Waals surface area contributed by atoms with Gasteiger partial charge in [0.05, 0.1) is 12.0 Å². The number of thiocarbonyl (C=S) groups is 1. The van der Waals surface area contributed by atoms with Crippen molar-refractivity contribution in [3.63, 3.8) is 0 Å². The van der Waals surface area contributed by atoms with Crippen molar-refractivity contribution < 1.29 is 9.59 Å². The van der Waals surface area contributed by atoms with Crippen molar-refractivity contribution in [1.82, 2.24) is 14.9 Å². The number of aryl methyl sites for hydroxylation is 1. The molecule has 0 aliphatic rings. The Kier molecular flexibility index (Phi) is 5.20. The van der Waals surface area contributed by atoms with Gasteiger partial charge in [-0.2, -0.15) is 0 Å². The molecule has 1 aromatic carbocycles. The van der Waals surface area contributed by atoms with Gasteiger partial charge in [0.1, 0.15) is 11.0 Å². The number of nitrogens with two attached hydrogens (primary N) is 2. The van der Waals surface area contributed by atoms with Crippen LogP contribution in [-0.4, -0.2) is 32.4 Å². The van der Waals surface area contributed by atoms with Crippen molar-refractivity contribution in [2.24, 2.45) is 11.5 Å². The molecule has 0 saturated heterocycles. The molecular weight excluding hydrogens is 314 g/mol. The van der Waals surface area contributed by atoms with Crippen LogP contribution in [0.4, 0.5) is 0 Å². The molecule has 1 unspecified atom stereocenters. The van der Waals surface area contributed by atoms with Crippen LogP contribution in [0.15, 0.2) is 36.8 Å². The molecular formula is C15H17N5O2S. The molecule has 1 heterocycles. The maximum Gasteiger partial charge on any atom is 0.256 e. The van der Waals surface area contributed by atoms with Crippen molar-refractivity contribution in [3.05, 3.63) is 53.6 Å². The second-order valence-corrected chi connectivity index (χ2v) is 5.52. The number of imidazole rings is 1. The fraction of sp³-hybridized carbons (Fsp3) is 0.200. The van der Waals surface area contributed by atoms with Gasteiger partial charge in [0.15, 0.2) is 0 Å². The summed E-state index contributed by atoms with van der Waals surface area (Å²) in [5, 5.41) is 2.40. The van der Waals surface area contributed by atoms with Crippen LogP contribution in [0, 0.1) is 6.92 Å². The minimum absolute atomic E-state index is 0.0968. The Morgan fingerprint density at radius 1 is 1.35 bits per heavy atom. The van der Waals surface area contributed by atoms with Crippen LogP contribution < -0.4 is 16.8 Å². The lowest BCUT2D eigenvalue weighted by Crippen LogP contribution is -2.49. The standard InChI is InChI=1S/C15H17N5O2S/c1-9-6-20(8-18-9)7-10-2-4-11(5-3-10)14(22)19-15(23)12(16)13(17)21/h2-6,8,12H,7,16H2,1H3,(H2,17,21)(H,19,22,23). The molecule has 2 rings (SSSR count). The monoisotopic (exact) mass is 331 g/mol. The van der Waals surface area contributed by atoms with Crippen LogP contribution in [0.1, 0.15) is 21.6 Å². The van der Waals surface area contributed by atoms with Crippen molar-refractivity contribution in [3.8, 4) is 0 Å². The third-order valence-corrected chi connectivity index (χ3v) is 3.53. The third-order valence-electron chi connectivity index (χ3n) is 3.17. The second-order valence-electron chi connectivity index (χ2n) is 5.08. The summed E-state index contributed by atoms with van der Waals surface area (Å²) < 4.78 is 1.95. The molecule has 7 nitrogen and oxygen atoms in total. The molecule has 5 N–H and O–H groups in total. The van der Waals surface area contributed by atoms with E-state index in [-0.39, 0.29) is 4.99 Å². The number of carbonyl (C=O) groups excluding carboxylic acids is 2. The molecule has 0 aliphatic carbocycles. The zero-order valence-electron chi connectivity index (χ0n) is 12.5. The van der Waals surface area contributed by atoms with Crippen molar-refractivity contribution in [2.75, 3.05) is 0 Å². The SMILES string of the molecule is Cc1cn(Cc2ccc(C(=O)NC(=S)C(N)C(N)=O)cc2)cn1. The number of carbonyl (C=O) groups is 2. The Labute approximate surface area is 138 Å². The largest absolute Gasteiger partial charge is 0.368 e. The Balaban J connectivity index is 2.00. The first-order valence-electron chi connectivity index (χ1n) is 6.84. The third kappa shape index (κ3) is 4.44. The lowest BCUT2D eigenvalue weighted by Gasteiger charge is -2.11. The minimum Gasteiger partial charge on any atom is -0.368 e. The summed E-state index contributed by atoms with van der Waals surface area (Å²) in [6, 6.07) is 5.83. The molecule has 1 atom stereocenters. The van der Waals surface area contributed by atoms with Gasteiger partial charge >= 0.3 is 0 Å². The lowest BCUT2D eigenvalue weighted by atomic mass is 10.1. The predicted octanol–water partition coefficient (Wildman–Crippen LogP) is 0.110. The van der Waals surface area contributed by atoms with Crippen molar-refractivity contribution in [1.29, 1.82) is 0 Å². The summed E-state index contributed by atoms with van der Waals surface area (Å²) >= 11 is 4.88. The van der Waals surface area contributed by atoms with Crippen LogP contribution in [0.5, 0.6) is 0 Å². The van der Waals surface area contributed by atoms with Gasteiger partial charge in [-0.1, -0.05) is 24.4 Å². The molecule has 2 amide bonds. The Bertz CT molecular complexity index is 739. The molecule has 0 fully saturated rings. The zero-order valence-corrected chi connectivity index (χ0v) is 13.3. The molecule has 120 valence electrons. The second kappa shape index (κ2) is 7.12. The zero-order chi connectivity index (χ0) is 17.0. The predicted molar refractivity (Wildman–Crippen MR) is 89.7 cm³/mol. The summed E-state index contributed by atoms with van der Waals surface area (Å²) in [7, 11) is 0. The fourth-order valence-corrected chi connectivity index (χ4v) is 2.13. The summed E-state index contributed by atoms with van der Waals surface area (Å²) in [6.45, 7) is 2.58. The fourth-order valence-electron chi connectivity index (χ4n) is 1.92. The van der Waals surface area contributed by atoms with Gasteiger partial charge in [-0.05, 0) is 24.6 Å². The lowest BCUT2D eigenvalue weighted by molar-refractivity contribution is -0.117. The van der Waals surface area contributed by atoms with Crippen LogP contribution in [0.25, 0.3) is 0 Å². The van der Waals surface area contributed by atoms with Crippen LogP contribution in [-0.2, 0) is 11.3 Å². The number of amides is 2. The van der Waals surface area contributed by atoms with Gasteiger partial charge in [0.25, 0.3) is 5.91 Å². The number of benzene rings is 1. The number of hydrogen-bond donors (Lipinski definition) is 3. The average Bonchev–Trinajstić information content (AvgIpc) is 2.92. The molecule has 0 spiro atoms. The summed E-state index contributed by atoms with van der Waals surface area (Å²) in [6.07, 6.45) is 3.68. The molecule has 0 saturated carbocycles. The van der Waals surface area contributed by atoms with E-state index in [2.05, 4.69) is 10.3 Å². The number of rotatable bonds is 5. The van der Waals surface area contributed by atoms with Gasteiger partial charge in [-0.25, -0.2) is 4.98 Å². The molecule has 2 aromatic rings.